The van der Waals surface area contributed by atoms with Crippen LogP contribution >= 0.6 is 0 Å². The van der Waals surface area contributed by atoms with Gasteiger partial charge >= 0.3 is 0 Å². The molecule has 0 saturated carbocycles. The van der Waals surface area contributed by atoms with Gasteiger partial charge in [0.1, 0.15) is 0 Å². The highest BCUT2D eigenvalue weighted by Crippen LogP contribution is 2.20. The van der Waals surface area contributed by atoms with E-state index in [2.05, 4.69) is 29.8 Å². The molecule has 0 atom stereocenters. The van der Waals surface area contributed by atoms with Gasteiger partial charge in [0.05, 0.1) is 0 Å². The number of hydrogen-bond donors (Lipinski definition) is 0. The first-order chi connectivity index (χ1) is 8.27. The lowest BCUT2D eigenvalue weighted by molar-refractivity contribution is 1.19. The Bertz CT molecular complexity index is 455. The molecule has 0 fully saturated rings. The molecule has 2 aromatic rings. The number of benzene rings is 1. The van der Waals surface area contributed by atoms with Crippen LogP contribution in [0.3, 0.4) is 0 Å². The Labute approximate surface area is 104 Å². The summed E-state index contributed by atoms with van der Waals surface area (Å²) in [5, 5.41) is 0. The van der Waals surface area contributed by atoms with Crippen LogP contribution in [0.15, 0.2) is 55.2 Å². The minimum absolute atomic E-state index is 1.02. The average molecular weight is 225 g/mol. The Morgan fingerprint density at radius 1 is 0.941 bits per heavy atom. The van der Waals surface area contributed by atoms with Crippen LogP contribution in [-0.2, 0) is 0 Å². The quantitative estimate of drug-likeness (QED) is 0.734. The van der Waals surface area contributed by atoms with Crippen LogP contribution in [0.25, 0.3) is 5.57 Å². The Balaban J connectivity index is 0.000000686. The number of nitrogens with zero attached hydrogens (tertiary/aromatic N) is 1. The predicted octanol–water partition coefficient (Wildman–Crippen LogP) is 4.48. The monoisotopic (exact) mass is 225 g/mol. The second kappa shape index (κ2) is 6.64. The molecule has 1 nitrogen and oxygen atoms in total. The van der Waals surface area contributed by atoms with Gasteiger partial charge in [-0.1, -0.05) is 56.8 Å². The fourth-order valence-electron chi connectivity index (χ4n) is 1.45. The zero-order valence-electron chi connectivity index (χ0n) is 10.8. The zero-order valence-corrected chi connectivity index (χ0v) is 10.8. The SMILES string of the molecule is C=C(c1ccccc1)c1ccc(C)nc1.CC. The van der Waals surface area contributed by atoms with E-state index < -0.39 is 0 Å². The van der Waals surface area contributed by atoms with Gasteiger partial charge in [-0.25, -0.2) is 0 Å². The van der Waals surface area contributed by atoms with Gasteiger partial charge in [0.25, 0.3) is 0 Å². The number of hydrogen-bond acceptors (Lipinski definition) is 1. The number of pyridine rings is 1. The van der Waals surface area contributed by atoms with Crippen molar-refractivity contribution in [1.29, 1.82) is 0 Å². The van der Waals surface area contributed by atoms with Crippen LogP contribution in [-0.4, -0.2) is 4.98 Å². The van der Waals surface area contributed by atoms with E-state index in [0.717, 1.165) is 22.4 Å². The molecule has 0 aliphatic heterocycles. The van der Waals surface area contributed by atoms with Gasteiger partial charge in [-0.15, -0.1) is 0 Å². The van der Waals surface area contributed by atoms with Crippen molar-refractivity contribution < 1.29 is 0 Å². The first kappa shape index (κ1) is 13.2. The summed E-state index contributed by atoms with van der Waals surface area (Å²) >= 11 is 0. The normalized spacial score (nSPS) is 9.12. The van der Waals surface area contributed by atoms with Gasteiger partial charge in [0, 0.05) is 17.5 Å². The fourth-order valence-corrected chi connectivity index (χ4v) is 1.45. The average Bonchev–Trinajstić information content (AvgIpc) is 2.42. The Hall–Kier alpha value is -1.89. The molecule has 0 saturated heterocycles. The van der Waals surface area contributed by atoms with Crippen LogP contribution in [0.5, 0.6) is 0 Å². The third-order valence-corrected chi connectivity index (χ3v) is 2.38. The third-order valence-electron chi connectivity index (χ3n) is 2.38. The van der Waals surface area contributed by atoms with Crippen molar-refractivity contribution in [2.45, 2.75) is 20.8 Å². The molecule has 1 aromatic carbocycles. The smallest absolute Gasteiger partial charge is 0.0373 e. The lowest BCUT2D eigenvalue weighted by Gasteiger charge is -2.05. The lowest BCUT2D eigenvalue weighted by atomic mass is 10.0. The molecular formula is C16H19N. The molecule has 0 unspecified atom stereocenters. The van der Waals surface area contributed by atoms with Gasteiger partial charge in [-0.3, -0.25) is 4.98 Å². The first-order valence-electron chi connectivity index (χ1n) is 5.95. The lowest BCUT2D eigenvalue weighted by Crippen LogP contribution is -1.88. The fraction of sp³-hybridized carbons (Fsp3) is 0.188. The van der Waals surface area contributed by atoms with Crippen LogP contribution in [0.4, 0.5) is 0 Å². The van der Waals surface area contributed by atoms with E-state index in [9.17, 15) is 0 Å². The van der Waals surface area contributed by atoms with E-state index in [1.54, 1.807) is 0 Å². The highest BCUT2D eigenvalue weighted by molar-refractivity contribution is 5.77. The Morgan fingerprint density at radius 3 is 2.12 bits per heavy atom. The molecule has 1 heterocycles. The minimum atomic E-state index is 1.02. The molecule has 0 aliphatic carbocycles. The van der Waals surface area contributed by atoms with Gasteiger partial charge < -0.3 is 0 Å². The summed E-state index contributed by atoms with van der Waals surface area (Å²) in [6, 6.07) is 14.2. The van der Waals surface area contributed by atoms with E-state index >= 15 is 0 Å². The van der Waals surface area contributed by atoms with Crippen LogP contribution in [0, 0.1) is 6.92 Å². The second-order valence-electron chi connectivity index (χ2n) is 3.53. The van der Waals surface area contributed by atoms with Crippen molar-refractivity contribution in [2.75, 3.05) is 0 Å². The van der Waals surface area contributed by atoms with Gasteiger partial charge in [-0.05, 0) is 24.1 Å². The molecular weight excluding hydrogens is 206 g/mol. The third kappa shape index (κ3) is 3.56. The van der Waals surface area contributed by atoms with Crippen LogP contribution in [0.2, 0.25) is 0 Å². The van der Waals surface area contributed by atoms with E-state index in [-0.39, 0.29) is 0 Å². The van der Waals surface area contributed by atoms with Crippen molar-refractivity contribution >= 4 is 5.57 Å². The zero-order chi connectivity index (χ0) is 12.7. The Kier molecular flexibility index (Phi) is 5.15. The molecule has 0 spiro atoms. The van der Waals surface area contributed by atoms with Gasteiger partial charge in [0.15, 0.2) is 0 Å². The topological polar surface area (TPSA) is 12.9 Å². The highest BCUT2D eigenvalue weighted by atomic mass is 14.7. The summed E-state index contributed by atoms with van der Waals surface area (Å²) < 4.78 is 0. The maximum atomic E-state index is 4.26. The van der Waals surface area contributed by atoms with Crippen molar-refractivity contribution in [2.24, 2.45) is 0 Å². The summed E-state index contributed by atoms with van der Waals surface area (Å²) in [4.78, 5) is 4.26. The predicted molar refractivity (Wildman–Crippen MR) is 74.9 cm³/mol. The molecule has 1 aromatic heterocycles. The van der Waals surface area contributed by atoms with E-state index in [0.29, 0.717) is 0 Å². The second-order valence-corrected chi connectivity index (χ2v) is 3.53. The number of rotatable bonds is 2. The standard InChI is InChI=1S/C14H13N.C2H6/c1-11-8-9-14(10-15-11)12(2)13-6-4-3-5-7-13;1-2/h3-10H,2H2,1H3;1-2H3. The maximum absolute atomic E-state index is 4.26. The first-order valence-corrected chi connectivity index (χ1v) is 5.95. The van der Waals surface area contributed by atoms with Crippen molar-refractivity contribution in [3.63, 3.8) is 0 Å². The molecule has 0 bridgehead atoms. The minimum Gasteiger partial charge on any atom is -0.261 e. The molecule has 0 N–H and O–H groups in total. The van der Waals surface area contributed by atoms with Gasteiger partial charge in [-0.2, -0.15) is 0 Å². The van der Waals surface area contributed by atoms with E-state index in [4.69, 9.17) is 0 Å². The molecule has 1 heteroatoms. The summed E-state index contributed by atoms with van der Waals surface area (Å²) in [5.41, 5.74) is 4.26. The molecule has 0 aliphatic rings. The summed E-state index contributed by atoms with van der Waals surface area (Å²) in [5.74, 6) is 0. The van der Waals surface area contributed by atoms with Gasteiger partial charge in [0.2, 0.25) is 0 Å². The summed E-state index contributed by atoms with van der Waals surface area (Å²) in [6.45, 7) is 10.1. The Morgan fingerprint density at radius 2 is 1.59 bits per heavy atom. The maximum Gasteiger partial charge on any atom is 0.0373 e. The number of aromatic nitrogens is 1. The molecule has 88 valence electrons. The van der Waals surface area contributed by atoms with Crippen molar-refractivity contribution in [3.8, 4) is 0 Å². The molecule has 0 radical (unpaired) electrons. The van der Waals surface area contributed by atoms with Crippen molar-refractivity contribution in [1.82, 2.24) is 4.98 Å². The molecule has 17 heavy (non-hydrogen) atoms. The summed E-state index contributed by atoms with van der Waals surface area (Å²) in [7, 11) is 0. The van der Waals surface area contributed by atoms with Crippen LogP contribution < -0.4 is 0 Å². The molecule has 0 amide bonds. The molecule has 2 rings (SSSR count). The van der Waals surface area contributed by atoms with E-state index in [1.165, 1.54) is 0 Å². The highest BCUT2D eigenvalue weighted by Gasteiger charge is 2.01. The van der Waals surface area contributed by atoms with Crippen molar-refractivity contribution in [3.05, 3.63) is 72.1 Å². The van der Waals surface area contributed by atoms with Crippen LogP contribution in [0.1, 0.15) is 30.7 Å². The van der Waals surface area contributed by atoms with E-state index in [1.807, 2.05) is 51.2 Å². The number of aryl methyl sites for hydroxylation is 1. The largest absolute Gasteiger partial charge is 0.261 e. The summed E-state index contributed by atoms with van der Waals surface area (Å²) in [6.07, 6.45) is 1.87.